The van der Waals surface area contributed by atoms with Gasteiger partial charge >= 0.3 is 0 Å². The molecule has 118 valence electrons. The smallest absolute Gasteiger partial charge is 0.245 e. The molecule has 8 heteroatoms. The SMILES string of the molecule is O=S(=O)(c1cccc2nsnc12)N1CCC(OCC2CC2)C1. The molecule has 2 aliphatic rings. The predicted molar refractivity (Wildman–Crippen MR) is 83.3 cm³/mol. The van der Waals surface area contributed by atoms with Gasteiger partial charge in [0.05, 0.1) is 17.8 Å². The molecule has 0 amide bonds. The second-order valence-electron chi connectivity index (χ2n) is 5.94. The fraction of sp³-hybridized carbons (Fsp3) is 0.571. The Kier molecular flexibility index (Phi) is 3.64. The number of hydrogen-bond acceptors (Lipinski definition) is 6. The first-order valence-electron chi connectivity index (χ1n) is 7.47. The second-order valence-corrected chi connectivity index (χ2v) is 8.37. The molecular weight excluding hydrogens is 322 g/mol. The van der Waals surface area contributed by atoms with E-state index >= 15 is 0 Å². The minimum atomic E-state index is -3.53. The van der Waals surface area contributed by atoms with Gasteiger partial charge in [0, 0.05) is 19.7 Å². The molecule has 4 rings (SSSR count). The number of sulfonamides is 1. The molecule has 0 bridgehead atoms. The Labute approximate surface area is 133 Å². The zero-order valence-corrected chi connectivity index (χ0v) is 13.6. The lowest BCUT2D eigenvalue weighted by molar-refractivity contribution is 0.0561. The monoisotopic (exact) mass is 339 g/mol. The standard InChI is InChI=1S/C14H17N3O3S2/c18-22(19,13-3-1-2-12-14(13)16-21-15-12)17-7-6-11(8-17)20-9-10-4-5-10/h1-3,10-11H,4-9H2. The van der Waals surface area contributed by atoms with Crippen LogP contribution < -0.4 is 0 Å². The molecule has 1 aromatic carbocycles. The summed E-state index contributed by atoms with van der Waals surface area (Å²) in [4.78, 5) is 0.251. The normalized spacial score (nSPS) is 23.4. The summed E-state index contributed by atoms with van der Waals surface area (Å²) in [7, 11) is -3.53. The van der Waals surface area contributed by atoms with Gasteiger partial charge in [-0.3, -0.25) is 0 Å². The van der Waals surface area contributed by atoms with Crippen LogP contribution in [0.5, 0.6) is 0 Å². The van der Waals surface area contributed by atoms with Crippen LogP contribution in [0.25, 0.3) is 11.0 Å². The van der Waals surface area contributed by atoms with Crippen LogP contribution in [0.1, 0.15) is 19.3 Å². The molecule has 1 saturated heterocycles. The van der Waals surface area contributed by atoms with Gasteiger partial charge in [-0.2, -0.15) is 13.1 Å². The molecule has 2 heterocycles. The molecule has 0 spiro atoms. The number of aromatic nitrogens is 2. The van der Waals surface area contributed by atoms with Crippen molar-refractivity contribution in [1.29, 1.82) is 0 Å². The second kappa shape index (κ2) is 5.52. The zero-order valence-electron chi connectivity index (χ0n) is 12.0. The van der Waals surface area contributed by atoms with Gasteiger partial charge in [-0.15, -0.1) is 0 Å². The largest absolute Gasteiger partial charge is 0.377 e. The van der Waals surface area contributed by atoms with Crippen LogP contribution >= 0.6 is 11.7 Å². The third-order valence-electron chi connectivity index (χ3n) is 4.24. The van der Waals surface area contributed by atoms with Gasteiger partial charge in [-0.25, -0.2) is 8.42 Å². The third kappa shape index (κ3) is 2.64. The van der Waals surface area contributed by atoms with Crippen molar-refractivity contribution in [2.24, 2.45) is 5.92 Å². The number of fused-ring (bicyclic) bond motifs is 1. The summed E-state index contributed by atoms with van der Waals surface area (Å²) in [6.45, 7) is 1.71. The van der Waals surface area contributed by atoms with E-state index in [1.54, 1.807) is 18.2 Å². The molecule has 2 aromatic rings. The van der Waals surface area contributed by atoms with Gasteiger partial charge in [0.15, 0.2) is 0 Å². The minimum Gasteiger partial charge on any atom is -0.377 e. The van der Waals surface area contributed by atoms with E-state index in [9.17, 15) is 8.42 Å². The van der Waals surface area contributed by atoms with Crippen molar-refractivity contribution in [3.05, 3.63) is 18.2 Å². The summed E-state index contributed by atoms with van der Waals surface area (Å²) in [5, 5.41) is 0. The lowest BCUT2D eigenvalue weighted by Gasteiger charge is -2.17. The number of rotatable bonds is 5. The summed E-state index contributed by atoms with van der Waals surface area (Å²) in [5.41, 5.74) is 1.10. The Hall–Kier alpha value is -1.09. The van der Waals surface area contributed by atoms with Crippen molar-refractivity contribution < 1.29 is 13.2 Å². The number of benzene rings is 1. The lowest BCUT2D eigenvalue weighted by atomic mass is 10.3. The quantitative estimate of drug-likeness (QED) is 0.832. The van der Waals surface area contributed by atoms with E-state index in [2.05, 4.69) is 8.75 Å². The van der Waals surface area contributed by atoms with E-state index in [0.717, 1.165) is 24.8 Å². The Balaban J connectivity index is 1.54. The van der Waals surface area contributed by atoms with Crippen LogP contribution in [0.2, 0.25) is 0 Å². The average Bonchev–Trinajstić information content (AvgIpc) is 3.02. The summed E-state index contributed by atoms with van der Waals surface area (Å²) >= 11 is 1.04. The summed E-state index contributed by atoms with van der Waals surface area (Å²) in [6.07, 6.45) is 3.27. The van der Waals surface area contributed by atoms with Crippen molar-refractivity contribution in [3.8, 4) is 0 Å². The van der Waals surface area contributed by atoms with E-state index in [-0.39, 0.29) is 11.0 Å². The maximum atomic E-state index is 12.8. The maximum absolute atomic E-state index is 12.8. The highest BCUT2D eigenvalue weighted by Gasteiger charge is 2.35. The summed E-state index contributed by atoms with van der Waals surface area (Å²) < 4.78 is 41.3. The van der Waals surface area contributed by atoms with E-state index in [1.807, 2.05) is 0 Å². The van der Waals surface area contributed by atoms with Crippen molar-refractivity contribution in [3.63, 3.8) is 0 Å². The first-order valence-corrected chi connectivity index (χ1v) is 9.64. The van der Waals surface area contributed by atoms with Crippen LogP contribution in [-0.4, -0.2) is 47.3 Å². The highest BCUT2D eigenvalue weighted by atomic mass is 32.2. The van der Waals surface area contributed by atoms with E-state index in [1.165, 1.54) is 17.1 Å². The van der Waals surface area contributed by atoms with Crippen molar-refractivity contribution in [2.75, 3.05) is 19.7 Å². The molecule has 1 aliphatic heterocycles. The molecular formula is C14H17N3O3S2. The van der Waals surface area contributed by atoms with E-state index in [4.69, 9.17) is 4.74 Å². The number of hydrogen-bond donors (Lipinski definition) is 0. The van der Waals surface area contributed by atoms with Gasteiger partial charge in [-0.05, 0) is 37.3 Å². The van der Waals surface area contributed by atoms with Gasteiger partial charge in [0.1, 0.15) is 15.9 Å². The Bertz CT molecular complexity index is 785. The summed E-state index contributed by atoms with van der Waals surface area (Å²) in [5.74, 6) is 0.695. The van der Waals surface area contributed by atoms with Gasteiger partial charge in [-0.1, -0.05) is 6.07 Å². The van der Waals surface area contributed by atoms with Gasteiger partial charge in [0.2, 0.25) is 10.0 Å². The van der Waals surface area contributed by atoms with Gasteiger partial charge in [0.25, 0.3) is 0 Å². The van der Waals surface area contributed by atoms with Crippen LogP contribution in [0, 0.1) is 5.92 Å². The predicted octanol–water partition coefficient (Wildman–Crippen LogP) is 1.88. The molecule has 1 atom stereocenters. The Morgan fingerprint density at radius 1 is 1.27 bits per heavy atom. The molecule has 6 nitrogen and oxygen atoms in total. The fourth-order valence-electron chi connectivity index (χ4n) is 2.74. The van der Waals surface area contributed by atoms with Crippen LogP contribution in [-0.2, 0) is 14.8 Å². The average molecular weight is 339 g/mol. The first kappa shape index (κ1) is 14.5. The van der Waals surface area contributed by atoms with Crippen molar-refractivity contribution >= 4 is 32.8 Å². The molecule has 1 aromatic heterocycles. The highest BCUT2D eigenvalue weighted by Crippen LogP contribution is 2.31. The number of nitrogens with zero attached hydrogens (tertiary/aromatic N) is 3. The van der Waals surface area contributed by atoms with Crippen LogP contribution in [0.3, 0.4) is 0 Å². The van der Waals surface area contributed by atoms with E-state index in [0.29, 0.717) is 30.0 Å². The zero-order chi connectivity index (χ0) is 15.2. The van der Waals surface area contributed by atoms with Crippen LogP contribution in [0.4, 0.5) is 0 Å². The van der Waals surface area contributed by atoms with Crippen molar-refractivity contribution in [1.82, 2.24) is 13.1 Å². The molecule has 0 N–H and O–H groups in total. The van der Waals surface area contributed by atoms with Crippen LogP contribution in [0.15, 0.2) is 23.1 Å². The van der Waals surface area contributed by atoms with E-state index < -0.39 is 10.0 Å². The molecule has 0 radical (unpaired) electrons. The molecule has 1 aliphatic carbocycles. The Morgan fingerprint density at radius 2 is 2.14 bits per heavy atom. The van der Waals surface area contributed by atoms with Gasteiger partial charge < -0.3 is 4.74 Å². The minimum absolute atomic E-state index is 0.0168. The lowest BCUT2D eigenvalue weighted by Crippen LogP contribution is -2.30. The number of ether oxygens (including phenoxy) is 1. The maximum Gasteiger partial charge on any atom is 0.245 e. The molecule has 1 unspecified atom stereocenters. The molecule has 22 heavy (non-hydrogen) atoms. The summed E-state index contributed by atoms with van der Waals surface area (Å²) in [6, 6.07) is 5.11. The topological polar surface area (TPSA) is 72.4 Å². The first-order chi connectivity index (χ1) is 10.6. The molecule has 2 fully saturated rings. The third-order valence-corrected chi connectivity index (χ3v) is 6.68. The highest BCUT2D eigenvalue weighted by molar-refractivity contribution is 7.89. The van der Waals surface area contributed by atoms with Crippen molar-refractivity contribution in [2.45, 2.75) is 30.3 Å². The molecule has 1 saturated carbocycles. The Morgan fingerprint density at radius 3 is 2.95 bits per heavy atom. The fourth-order valence-corrected chi connectivity index (χ4v) is 4.98.